The molecule has 3 aliphatic rings. The molecule has 3 aromatic rings. The molecule has 2 aromatic carbocycles. The molecule has 54 heavy (non-hydrogen) atoms. The summed E-state index contributed by atoms with van der Waals surface area (Å²) in [5.41, 5.74) is -0.635. The summed E-state index contributed by atoms with van der Waals surface area (Å²) in [5.74, 6) is -4.61. The van der Waals surface area contributed by atoms with Crippen molar-refractivity contribution in [1.82, 2.24) is 20.9 Å². The van der Waals surface area contributed by atoms with Gasteiger partial charge in [-0.1, -0.05) is 19.1 Å². The molecule has 1 saturated heterocycles. The Morgan fingerprint density at radius 1 is 1.13 bits per heavy atom. The predicted octanol–water partition coefficient (Wildman–Crippen LogP) is -3.82. The number of carbonyl (C=O) groups excluding carboxylic acids is 5. The molecule has 0 bridgehead atoms. The van der Waals surface area contributed by atoms with Crippen molar-refractivity contribution in [3.05, 3.63) is 99.0 Å². The normalized spacial score (nSPS) is 17.4. The maximum Gasteiger partial charge on any atom is 1.00 e. The molecule has 17 nitrogen and oxygen atoms in total. The van der Waals surface area contributed by atoms with Crippen molar-refractivity contribution >= 4 is 52.4 Å². The minimum atomic E-state index is -1.42. The number of carbonyl (C=O) groups is 5. The molecular weight excluding hydrogens is 739 g/mol. The molecule has 0 saturated carbocycles. The first-order chi connectivity index (χ1) is 25.2. The Morgan fingerprint density at radius 3 is 2.46 bits per heavy atom. The molecule has 3 aliphatic heterocycles. The summed E-state index contributed by atoms with van der Waals surface area (Å²) in [6.07, 6.45) is 5.84. The van der Waals surface area contributed by atoms with Crippen molar-refractivity contribution in [3.63, 3.8) is 0 Å². The largest absolute Gasteiger partial charge is 1.00 e. The van der Waals surface area contributed by atoms with E-state index >= 15 is 0 Å². The van der Waals surface area contributed by atoms with E-state index in [0.717, 1.165) is 12.1 Å². The van der Waals surface area contributed by atoms with Gasteiger partial charge in [0.05, 0.1) is 41.4 Å². The molecule has 3 atom stereocenters. The van der Waals surface area contributed by atoms with Crippen LogP contribution in [0.5, 0.6) is 17.2 Å². The van der Waals surface area contributed by atoms with Gasteiger partial charge in [0.15, 0.2) is 23.8 Å². The first-order valence-corrected chi connectivity index (χ1v) is 16.7. The number of carboxylic acid groups (broad SMARTS) is 2. The van der Waals surface area contributed by atoms with Crippen LogP contribution in [-0.2, 0) is 23.9 Å². The standard InChI is InChI=1S/C27H23N3O10.C8H9NO3S.Na/c1-13-23(25(35)16-9-18(31)19(32)10-21(16)40-13)26(36)30-24(14-3-5-15(6-4-14)39-12-22(33)34)27(37)29-17-11-28-8-7-20(17)38-2;1-4-6(10)9-5(8(11)12)2-3-13-7(4)9;/h3-6,8-10,24,28H,11-12H2,1-2H3,(H4-,29,30,31,32,33,34,35,36,37);2,4,7H,3H2,1H3,(H,11,12);/q;;+1/p-1/t;4-,7-;/m.0./s1. The number of hydrogen-bond donors (Lipinski definition) is 5. The van der Waals surface area contributed by atoms with E-state index in [1.807, 2.05) is 6.92 Å². The second kappa shape index (κ2) is 17.5. The Kier molecular flexibility index (Phi) is 13.4. The molecule has 3 amide bonds. The number of hydrogen-bond acceptors (Lipinski definition) is 15. The summed E-state index contributed by atoms with van der Waals surface area (Å²) in [4.78, 5) is 73.9. The number of aryl methyl sites for hydroxylation is 1. The van der Waals surface area contributed by atoms with Gasteiger partial charge in [-0.2, -0.15) is 0 Å². The second-order valence-corrected chi connectivity index (χ2v) is 12.8. The van der Waals surface area contributed by atoms with Crippen LogP contribution in [0.3, 0.4) is 0 Å². The number of allylic oxidation sites excluding steroid dienone is 1. The third kappa shape index (κ3) is 8.81. The summed E-state index contributed by atoms with van der Waals surface area (Å²) in [6, 6.07) is 6.32. The molecule has 0 aliphatic carbocycles. The van der Waals surface area contributed by atoms with Crippen LogP contribution in [-0.4, -0.2) is 76.2 Å². The molecule has 0 spiro atoms. The number of rotatable bonds is 10. The second-order valence-electron chi connectivity index (χ2n) is 11.6. The molecule has 0 radical (unpaired) electrons. The van der Waals surface area contributed by atoms with Crippen molar-refractivity contribution < 1.29 is 87.8 Å². The Labute approximate surface area is 333 Å². The van der Waals surface area contributed by atoms with Crippen LogP contribution >= 0.6 is 11.8 Å². The van der Waals surface area contributed by atoms with Gasteiger partial charge in [0.2, 0.25) is 17.0 Å². The van der Waals surface area contributed by atoms with Gasteiger partial charge in [-0.3, -0.25) is 24.1 Å². The number of phenols is 2. The van der Waals surface area contributed by atoms with Crippen LogP contribution in [0.2, 0.25) is 0 Å². The van der Waals surface area contributed by atoms with E-state index < -0.39 is 58.9 Å². The zero-order valence-corrected chi connectivity index (χ0v) is 32.0. The number of amides is 3. The molecule has 6 rings (SSSR count). The molecule has 1 aromatic heterocycles. The van der Waals surface area contributed by atoms with Crippen LogP contribution in [0.4, 0.5) is 0 Å². The van der Waals surface area contributed by atoms with E-state index in [9.17, 15) is 49.2 Å². The summed E-state index contributed by atoms with van der Waals surface area (Å²) in [6.45, 7) is 2.69. The maximum atomic E-state index is 13.4. The van der Waals surface area contributed by atoms with E-state index in [4.69, 9.17) is 13.9 Å². The van der Waals surface area contributed by atoms with Gasteiger partial charge in [-0.15, -0.1) is 11.8 Å². The SMILES string of the molecule is COC1=C(NC(=O)C(NC(=O)c2c(C)oc3cc(O)c(O)cc3c2=O)c2ccc(OCC(=O)[O-])cc2)CNC=[C+]1.C[C@H]1C(=O)N2C(C(=O)[O-])=CCS[C@@H]12.[Na+]. The van der Waals surface area contributed by atoms with Gasteiger partial charge in [0, 0.05) is 11.8 Å². The van der Waals surface area contributed by atoms with Crippen LogP contribution in [0, 0.1) is 18.9 Å². The first kappa shape index (κ1) is 41.2. The average Bonchev–Trinajstić information content (AvgIpc) is 3.13. The number of nitrogens with zero attached hydrogens (tertiary/aromatic N) is 1. The number of dihydropyridines is 1. The van der Waals surface area contributed by atoms with Crippen LogP contribution in [0.15, 0.2) is 75.0 Å². The summed E-state index contributed by atoms with van der Waals surface area (Å²) >= 11 is 1.58. The van der Waals surface area contributed by atoms with E-state index in [1.54, 1.807) is 11.8 Å². The van der Waals surface area contributed by atoms with Gasteiger partial charge in [0.25, 0.3) is 11.8 Å². The summed E-state index contributed by atoms with van der Waals surface area (Å²) in [7, 11) is 1.40. The zero-order chi connectivity index (χ0) is 38.6. The smallest absolute Gasteiger partial charge is 0.546 e. The van der Waals surface area contributed by atoms with Crippen molar-refractivity contribution in [2.45, 2.75) is 25.3 Å². The fraction of sp³-hybridized carbons (Fsp3) is 0.257. The zero-order valence-electron chi connectivity index (χ0n) is 29.2. The van der Waals surface area contributed by atoms with Crippen molar-refractivity contribution in [1.29, 1.82) is 0 Å². The van der Waals surface area contributed by atoms with E-state index in [0.29, 0.717) is 11.4 Å². The van der Waals surface area contributed by atoms with Gasteiger partial charge >= 0.3 is 35.3 Å². The number of aromatic hydroxyl groups is 2. The fourth-order valence-electron chi connectivity index (χ4n) is 5.52. The van der Waals surface area contributed by atoms with Crippen LogP contribution in [0.25, 0.3) is 11.0 Å². The number of fused-ring (bicyclic) bond motifs is 2. The molecular formula is C35H31N4NaO13S. The monoisotopic (exact) mass is 770 g/mol. The fourth-order valence-corrected chi connectivity index (χ4v) is 6.75. The summed E-state index contributed by atoms with van der Waals surface area (Å²) in [5, 5.41) is 48.8. The molecule has 276 valence electrons. The number of ether oxygens (including phenoxy) is 2. The number of thioether (sulfide) groups is 1. The quantitative estimate of drug-likeness (QED) is 0.0573. The Bertz CT molecular complexity index is 2150. The molecule has 1 unspecified atom stereocenters. The number of phenolic OH excluding ortho intramolecular Hbond substituents is 2. The predicted molar refractivity (Wildman–Crippen MR) is 181 cm³/mol. The first-order valence-electron chi connectivity index (χ1n) is 15.7. The van der Waals surface area contributed by atoms with Gasteiger partial charge in [-0.25, -0.2) is 5.32 Å². The Balaban J connectivity index is 0.000000389. The van der Waals surface area contributed by atoms with Crippen molar-refractivity contribution in [2.24, 2.45) is 5.92 Å². The van der Waals surface area contributed by atoms with Crippen LogP contribution in [0.1, 0.15) is 34.6 Å². The maximum absolute atomic E-state index is 13.4. The Morgan fingerprint density at radius 2 is 1.81 bits per heavy atom. The number of nitrogens with one attached hydrogen (secondary N) is 3. The van der Waals surface area contributed by atoms with E-state index in [2.05, 4.69) is 22.0 Å². The van der Waals surface area contributed by atoms with Crippen LogP contribution < -0.4 is 65.9 Å². The third-order valence-electron chi connectivity index (χ3n) is 8.16. The molecule has 5 N–H and O–H groups in total. The van der Waals surface area contributed by atoms with Gasteiger partial charge in [0.1, 0.15) is 41.8 Å². The third-order valence-corrected chi connectivity index (χ3v) is 9.48. The number of carboxylic acids is 2. The molecule has 1 fully saturated rings. The van der Waals surface area contributed by atoms with E-state index in [-0.39, 0.29) is 92.8 Å². The van der Waals surface area contributed by atoms with Gasteiger partial charge < -0.3 is 54.5 Å². The average molecular weight is 771 g/mol. The number of benzene rings is 2. The molecule has 4 heterocycles. The number of aliphatic carboxylic acids is 2. The number of β-lactam (4-membered cyclic amide) rings is 1. The minimum Gasteiger partial charge on any atom is -0.546 e. The van der Waals surface area contributed by atoms with Crippen molar-refractivity contribution in [2.75, 3.05) is 26.0 Å². The summed E-state index contributed by atoms with van der Waals surface area (Å²) < 4.78 is 15.8. The minimum absolute atomic E-state index is 0. The Hall–Kier alpha value is -5.52. The van der Waals surface area contributed by atoms with Crippen molar-refractivity contribution in [3.8, 4) is 17.2 Å². The topological polar surface area (TPSA) is 260 Å². The van der Waals surface area contributed by atoms with E-state index in [1.165, 1.54) is 55.5 Å². The molecule has 19 heteroatoms. The number of methoxy groups -OCH3 is 1. The van der Waals surface area contributed by atoms with Gasteiger partial charge in [-0.05, 0) is 36.8 Å².